The Bertz CT molecular complexity index is 940. The zero-order valence-electron chi connectivity index (χ0n) is 14.4. The zero-order chi connectivity index (χ0) is 19.8. The molecule has 3 amide bonds. The van der Waals surface area contributed by atoms with Crippen LogP contribution in [0.3, 0.4) is 0 Å². The second-order valence-electron chi connectivity index (χ2n) is 6.39. The van der Waals surface area contributed by atoms with Crippen molar-refractivity contribution in [2.24, 2.45) is 10.8 Å². The number of hydrazone groups is 1. The van der Waals surface area contributed by atoms with E-state index in [1.165, 1.54) is 27.4 Å². The number of primary amides is 1. The lowest BCUT2D eigenvalue weighted by Gasteiger charge is -2.40. The minimum absolute atomic E-state index is 0.129. The van der Waals surface area contributed by atoms with Crippen LogP contribution in [0, 0.1) is 11.6 Å². The van der Waals surface area contributed by atoms with Crippen LogP contribution in [0.2, 0.25) is 0 Å². The number of hydrogen-bond acceptors (Lipinski definition) is 6. The van der Waals surface area contributed by atoms with Gasteiger partial charge in [-0.2, -0.15) is 10.1 Å². The topological polar surface area (TPSA) is 101 Å². The summed E-state index contributed by atoms with van der Waals surface area (Å²) in [5.41, 5.74) is 5.62. The van der Waals surface area contributed by atoms with Gasteiger partial charge in [-0.05, 0) is 17.7 Å². The Morgan fingerprint density at radius 3 is 2.57 bits per heavy atom. The van der Waals surface area contributed by atoms with E-state index in [0.29, 0.717) is 30.3 Å². The Morgan fingerprint density at radius 1 is 1.21 bits per heavy atom. The van der Waals surface area contributed by atoms with Gasteiger partial charge in [-0.3, -0.25) is 4.79 Å². The van der Waals surface area contributed by atoms with E-state index in [-0.39, 0.29) is 17.8 Å². The number of rotatable bonds is 4. The summed E-state index contributed by atoms with van der Waals surface area (Å²) in [4.78, 5) is 29.2. The molecule has 146 valence electrons. The van der Waals surface area contributed by atoms with Gasteiger partial charge in [-0.15, -0.1) is 0 Å². The number of hydrogen-bond donors (Lipinski definition) is 1. The number of halogens is 2. The molecule has 1 aromatic heterocycles. The Hall–Kier alpha value is -3.08. The molecule has 1 unspecified atom stereocenters. The molecule has 8 nitrogen and oxygen atoms in total. The standard InChI is InChI=1S/C17H15F2N5O3S/c18-10-3-9(4-11(19)5-10)14-1-2-21-24(14)17(26)23-6-12(7-23)27-16-22-13(8-28-16)15(20)25/h2-5,8,12,14H,1,6-7H2,(H2,20,25). The summed E-state index contributed by atoms with van der Waals surface area (Å²) in [6.45, 7) is 0.612. The van der Waals surface area contributed by atoms with Crippen LogP contribution < -0.4 is 10.5 Å². The van der Waals surface area contributed by atoms with Gasteiger partial charge in [0.2, 0.25) is 0 Å². The molecule has 4 rings (SSSR count). The lowest BCUT2D eigenvalue weighted by molar-refractivity contribution is 0.0275. The molecule has 28 heavy (non-hydrogen) atoms. The molecule has 1 fully saturated rings. The molecule has 2 N–H and O–H groups in total. The molecule has 0 radical (unpaired) electrons. The van der Waals surface area contributed by atoms with E-state index in [4.69, 9.17) is 10.5 Å². The van der Waals surface area contributed by atoms with Crippen molar-refractivity contribution in [2.75, 3.05) is 13.1 Å². The van der Waals surface area contributed by atoms with Gasteiger partial charge in [0.05, 0.1) is 19.1 Å². The molecule has 2 aliphatic rings. The van der Waals surface area contributed by atoms with E-state index in [9.17, 15) is 18.4 Å². The first-order chi connectivity index (χ1) is 13.4. The van der Waals surface area contributed by atoms with Gasteiger partial charge in [0.1, 0.15) is 23.4 Å². The van der Waals surface area contributed by atoms with Crippen molar-refractivity contribution in [3.05, 3.63) is 46.5 Å². The van der Waals surface area contributed by atoms with E-state index in [2.05, 4.69) is 10.1 Å². The molecule has 0 spiro atoms. The smallest absolute Gasteiger partial charge is 0.341 e. The highest BCUT2D eigenvalue weighted by molar-refractivity contribution is 7.11. The summed E-state index contributed by atoms with van der Waals surface area (Å²) in [7, 11) is 0. The minimum Gasteiger partial charge on any atom is -0.463 e. The number of thiazole rings is 1. The second-order valence-corrected chi connectivity index (χ2v) is 7.21. The first kappa shape index (κ1) is 18.3. The molecule has 2 aromatic rings. The van der Waals surface area contributed by atoms with Gasteiger partial charge in [0.15, 0.2) is 0 Å². The monoisotopic (exact) mass is 407 g/mol. The molecule has 1 saturated heterocycles. The third kappa shape index (κ3) is 3.52. The van der Waals surface area contributed by atoms with Crippen molar-refractivity contribution in [1.29, 1.82) is 0 Å². The van der Waals surface area contributed by atoms with Gasteiger partial charge in [0, 0.05) is 24.1 Å². The lowest BCUT2D eigenvalue weighted by Crippen LogP contribution is -2.58. The van der Waals surface area contributed by atoms with Crippen LogP contribution in [0.15, 0.2) is 28.7 Å². The molecule has 1 aromatic carbocycles. The average Bonchev–Trinajstić information content (AvgIpc) is 3.25. The number of amides is 3. The Morgan fingerprint density at radius 2 is 1.93 bits per heavy atom. The minimum atomic E-state index is -0.703. The van der Waals surface area contributed by atoms with Crippen LogP contribution in [-0.2, 0) is 0 Å². The first-order valence-corrected chi connectivity index (χ1v) is 9.27. The maximum atomic E-state index is 13.5. The number of benzene rings is 1. The number of nitrogens with zero attached hydrogens (tertiary/aromatic N) is 4. The van der Waals surface area contributed by atoms with Crippen LogP contribution in [0.5, 0.6) is 5.19 Å². The first-order valence-electron chi connectivity index (χ1n) is 8.39. The second kappa shape index (κ2) is 7.15. The normalized spacial score (nSPS) is 19.0. The Kier molecular flexibility index (Phi) is 4.67. The van der Waals surface area contributed by atoms with Crippen molar-refractivity contribution in [1.82, 2.24) is 14.9 Å². The fourth-order valence-electron chi connectivity index (χ4n) is 3.02. The summed E-state index contributed by atoms with van der Waals surface area (Å²) < 4.78 is 32.6. The van der Waals surface area contributed by atoms with E-state index < -0.39 is 23.6 Å². The third-order valence-corrected chi connectivity index (χ3v) is 5.15. The van der Waals surface area contributed by atoms with Crippen LogP contribution in [-0.4, -0.2) is 52.2 Å². The number of aromatic nitrogens is 1. The zero-order valence-corrected chi connectivity index (χ0v) is 15.2. The Balaban J connectivity index is 1.37. The van der Waals surface area contributed by atoms with E-state index in [0.717, 1.165) is 17.4 Å². The number of carbonyl (C=O) groups is 2. The molecule has 0 saturated carbocycles. The average molecular weight is 407 g/mol. The van der Waals surface area contributed by atoms with Crippen LogP contribution in [0.1, 0.15) is 28.5 Å². The van der Waals surface area contributed by atoms with E-state index >= 15 is 0 Å². The van der Waals surface area contributed by atoms with Crippen molar-refractivity contribution >= 4 is 29.5 Å². The number of nitrogens with two attached hydrogens (primary N) is 1. The highest BCUT2D eigenvalue weighted by Gasteiger charge is 2.39. The van der Waals surface area contributed by atoms with Crippen LogP contribution >= 0.6 is 11.3 Å². The highest BCUT2D eigenvalue weighted by Crippen LogP contribution is 2.31. The molecular formula is C17H15F2N5O3S. The highest BCUT2D eigenvalue weighted by atomic mass is 32.1. The Labute approximate surface area is 162 Å². The largest absolute Gasteiger partial charge is 0.463 e. The molecule has 0 aliphatic carbocycles. The van der Waals surface area contributed by atoms with Gasteiger partial charge in [-0.25, -0.2) is 18.6 Å². The number of urea groups is 1. The molecule has 0 bridgehead atoms. The van der Waals surface area contributed by atoms with E-state index in [1.54, 1.807) is 6.21 Å². The van der Waals surface area contributed by atoms with E-state index in [1.807, 2.05) is 0 Å². The van der Waals surface area contributed by atoms with Crippen LogP contribution in [0.25, 0.3) is 0 Å². The van der Waals surface area contributed by atoms with Gasteiger partial charge < -0.3 is 15.4 Å². The van der Waals surface area contributed by atoms with Crippen molar-refractivity contribution in [3.8, 4) is 5.19 Å². The number of carbonyl (C=O) groups excluding carboxylic acids is 2. The van der Waals surface area contributed by atoms with Gasteiger partial charge in [-0.1, -0.05) is 11.3 Å². The SMILES string of the molecule is NC(=O)c1csc(OC2CN(C(=O)N3N=CCC3c3cc(F)cc(F)c3)C2)n1. The molecule has 1 atom stereocenters. The van der Waals surface area contributed by atoms with Crippen LogP contribution in [0.4, 0.5) is 13.6 Å². The predicted octanol–water partition coefficient (Wildman–Crippen LogP) is 2.14. The van der Waals surface area contributed by atoms with Crippen molar-refractivity contribution < 1.29 is 23.1 Å². The van der Waals surface area contributed by atoms with Gasteiger partial charge in [0.25, 0.3) is 11.1 Å². The predicted molar refractivity (Wildman–Crippen MR) is 96.1 cm³/mol. The molecule has 11 heteroatoms. The fraction of sp³-hybridized carbons (Fsp3) is 0.294. The number of ether oxygens (including phenoxy) is 1. The van der Waals surface area contributed by atoms with Gasteiger partial charge >= 0.3 is 6.03 Å². The molecular weight excluding hydrogens is 392 g/mol. The number of likely N-dealkylation sites (tertiary alicyclic amines) is 1. The fourth-order valence-corrected chi connectivity index (χ4v) is 3.75. The summed E-state index contributed by atoms with van der Waals surface area (Å²) in [6, 6.07) is 2.24. The summed E-state index contributed by atoms with van der Waals surface area (Å²) >= 11 is 1.15. The summed E-state index contributed by atoms with van der Waals surface area (Å²) in [6.07, 6.45) is 1.64. The third-order valence-electron chi connectivity index (χ3n) is 4.42. The summed E-state index contributed by atoms with van der Waals surface area (Å²) in [5, 5.41) is 7.08. The maximum Gasteiger partial charge on any atom is 0.341 e. The molecule has 3 heterocycles. The quantitative estimate of drug-likeness (QED) is 0.839. The summed E-state index contributed by atoms with van der Waals surface area (Å²) in [5.74, 6) is -2.04. The lowest BCUT2D eigenvalue weighted by atomic mass is 10.0. The molecule has 2 aliphatic heterocycles. The maximum absolute atomic E-state index is 13.5. The van der Waals surface area contributed by atoms with Crippen molar-refractivity contribution in [3.63, 3.8) is 0 Å². The van der Waals surface area contributed by atoms with Crippen molar-refractivity contribution in [2.45, 2.75) is 18.6 Å².